The Morgan fingerprint density at radius 3 is 2.07 bits per heavy atom. The first-order valence-corrected chi connectivity index (χ1v) is 14.0. The maximum Gasteiger partial charge on any atom is 0.338 e. The third kappa shape index (κ3) is 8.24. The minimum atomic E-state index is -5.44. The number of esters is 1. The first-order valence-electron chi connectivity index (χ1n) is 12.6. The zero-order valence-electron chi connectivity index (χ0n) is 23.0. The van der Waals surface area contributed by atoms with Gasteiger partial charge in [0, 0.05) is 0 Å². The standard InChI is InChI=1S/C24H36O17S/c1-24(2,3)40-21(31)10-5-6-11(12(7-10)35-4)36-22-17(29)16(28)19(14(9-26)38-22)39-23-18(30)20(41-42(32,33)34)15(27)13(8-25)37-23/h5-7,13-20,22-23,25-30H,8-9H2,1-4H3,(H,32,33,34)/p-1/t13-,14-,15+,16-,17-,18-,19-,20+,22-,23+/m1/s1. The van der Waals surface area contributed by atoms with Crippen LogP contribution in [0.2, 0.25) is 0 Å². The normalized spacial score (nSPS) is 34.1. The fourth-order valence-corrected chi connectivity index (χ4v) is 4.74. The number of benzene rings is 1. The molecule has 2 aliphatic rings. The fraction of sp³-hybridized carbons (Fsp3) is 0.708. The van der Waals surface area contributed by atoms with E-state index in [2.05, 4.69) is 4.18 Å². The summed E-state index contributed by atoms with van der Waals surface area (Å²) in [6.45, 7) is 3.32. The van der Waals surface area contributed by atoms with Crippen LogP contribution in [0.3, 0.4) is 0 Å². The van der Waals surface area contributed by atoms with E-state index in [1.807, 2.05) is 0 Å². The second-order valence-corrected chi connectivity index (χ2v) is 11.5. The van der Waals surface area contributed by atoms with Gasteiger partial charge in [0.25, 0.3) is 0 Å². The predicted octanol–water partition coefficient (Wildman–Crippen LogP) is -2.86. The van der Waals surface area contributed by atoms with Gasteiger partial charge in [0.1, 0.15) is 54.4 Å². The van der Waals surface area contributed by atoms with Crippen molar-refractivity contribution in [1.29, 1.82) is 0 Å². The van der Waals surface area contributed by atoms with E-state index in [0.29, 0.717) is 0 Å². The van der Waals surface area contributed by atoms with E-state index in [4.69, 9.17) is 28.4 Å². The van der Waals surface area contributed by atoms with E-state index in [1.54, 1.807) is 20.8 Å². The van der Waals surface area contributed by atoms with Crippen molar-refractivity contribution in [3.63, 3.8) is 0 Å². The lowest BCUT2D eigenvalue weighted by atomic mass is 9.97. The molecule has 0 unspecified atom stereocenters. The topological polar surface area (TPSA) is 260 Å². The molecule has 3 rings (SSSR count). The van der Waals surface area contributed by atoms with Crippen molar-refractivity contribution < 1.29 is 81.0 Å². The average molecular weight is 628 g/mol. The van der Waals surface area contributed by atoms with E-state index in [1.165, 1.54) is 25.3 Å². The van der Waals surface area contributed by atoms with Crippen molar-refractivity contribution >= 4 is 16.4 Å². The Kier molecular flexibility index (Phi) is 11.1. The second kappa shape index (κ2) is 13.6. The number of hydrogen-bond acceptors (Lipinski definition) is 17. The van der Waals surface area contributed by atoms with Crippen LogP contribution in [0.4, 0.5) is 0 Å². The van der Waals surface area contributed by atoms with Crippen LogP contribution in [-0.4, -0.2) is 137 Å². The maximum atomic E-state index is 12.4. The number of methoxy groups -OCH3 is 1. The number of ether oxygens (including phenoxy) is 6. The molecule has 0 saturated carbocycles. The van der Waals surface area contributed by atoms with E-state index >= 15 is 0 Å². The van der Waals surface area contributed by atoms with Crippen LogP contribution in [0.15, 0.2) is 18.2 Å². The van der Waals surface area contributed by atoms with Gasteiger partial charge in [0.15, 0.2) is 17.8 Å². The van der Waals surface area contributed by atoms with Gasteiger partial charge in [-0.2, -0.15) is 0 Å². The quantitative estimate of drug-likeness (QED) is 0.0865. The van der Waals surface area contributed by atoms with Gasteiger partial charge in [-0.25, -0.2) is 13.2 Å². The first-order chi connectivity index (χ1) is 19.5. The molecule has 18 heteroatoms. The van der Waals surface area contributed by atoms with Crippen LogP contribution in [0.25, 0.3) is 0 Å². The molecule has 1 aromatic carbocycles. The largest absolute Gasteiger partial charge is 0.726 e. The summed E-state index contributed by atoms with van der Waals surface area (Å²) in [5.41, 5.74) is -0.627. The number of carbonyl (C=O) groups is 1. The van der Waals surface area contributed by atoms with Gasteiger partial charge in [0.05, 0.1) is 25.9 Å². The van der Waals surface area contributed by atoms with Crippen LogP contribution in [0.5, 0.6) is 11.5 Å². The molecule has 10 atom stereocenters. The van der Waals surface area contributed by atoms with Gasteiger partial charge in [-0.05, 0) is 39.0 Å². The molecule has 0 aromatic heterocycles. The summed E-state index contributed by atoms with van der Waals surface area (Å²) in [7, 11) is -4.15. The molecule has 2 aliphatic heterocycles. The van der Waals surface area contributed by atoms with E-state index < -0.39 is 96.6 Å². The van der Waals surface area contributed by atoms with Gasteiger partial charge in [0.2, 0.25) is 16.7 Å². The minimum absolute atomic E-state index is 0.0262. The molecule has 0 radical (unpaired) electrons. The van der Waals surface area contributed by atoms with Gasteiger partial charge in [-0.3, -0.25) is 4.18 Å². The summed E-state index contributed by atoms with van der Waals surface area (Å²) in [4.78, 5) is 12.4. The molecule has 2 fully saturated rings. The Hall–Kier alpha value is -2.20. The molecule has 0 amide bonds. The van der Waals surface area contributed by atoms with Gasteiger partial charge in [-0.1, -0.05) is 0 Å². The van der Waals surface area contributed by atoms with Crippen LogP contribution in [0.1, 0.15) is 31.1 Å². The van der Waals surface area contributed by atoms with Crippen molar-refractivity contribution in [3.05, 3.63) is 23.8 Å². The van der Waals surface area contributed by atoms with Gasteiger partial charge in [-0.15, -0.1) is 0 Å². The maximum absolute atomic E-state index is 12.4. The van der Waals surface area contributed by atoms with E-state index in [-0.39, 0.29) is 17.1 Å². The molecular weight excluding hydrogens is 592 g/mol. The molecule has 17 nitrogen and oxygen atoms in total. The molecule has 0 aliphatic carbocycles. The van der Waals surface area contributed by atoms with E-state index in [9.17, 15) is 48.4 Å². The molecule has 0 spiro atoms. The van der Waals surface area contributed by atoms with Crippen molar-refractivity contribution in [3.8, 4) is 11.5 Å². The second-order valence-electron chi connectivity index (χ2n) is 10.5. The monoisotopic (exact) mass is 627 g/mol. The van der Waals surface area contributed by atoms with Crippen LogP contribution >= 0.6 is 0 Å². The van der Waals surface area contributed by atoms with Crippen LogP contribution < -0.4 is 9.47 Å². The summed E-state index contributed by atoms with van der Waals surface area (Å²) in [6.07, 6.45) is -18.3. The van der Waals surface area contributed by atoms with Gasteiger partial charge >= 0.3 is 5.97 Å². The summed E-state index contributed by atoms with van der Waals surface area (Å²) in [5, 5.41) is 61.7. The predicted molar refractivity (Wildman–Crippen MR) is 134 cm³/mol. The molecule has 1 aromatic rings. The third-order valence-corrected chi connectivity index (χ3v) is 6.66. The highest BCUT2D eigenvalue weighted by molar-refractivity contribution is 7.80. The van der Waals surface area contributed by atoms with Crippen molar-refractivity contribution in [2.45, 2.75) is 87.8 Å². The SMILES string of the molecule is COc1cc(C(=O)OC(C)(C)C)ccc1O[C@@H]1O[C@H](CO)[C@@H](O[C@@H]2O[C@H](CO)[C@H](O)[C@H](OS(=O)(=O)[O-])[C@H]2O)[C@H](O)[C@H]1O. The molecule has 240 valence electrons. The Labute approximate surface area is 241 Å². The van der Waals surface area contributed by atoms with Crippen molar-refractivity contribution in [2.24, 2.45) is 0 Å². The van der Waals surface area contributed by atoms with Crippen molar-refractivity contribution in [2.75, 3.05) is 20.3 Å². The average Bonchev–Trinajstić information content (AvgIpc) is 2.90. The fourth-order valence-electron chi connectivity index (χ4n) is 4.24. The minimum Gasteiger partial charge on any atom is -0.726 e. The molecule has 2 heterocycles. The molecule has 0 bridgehead atoms. The summed E-state index contributed by atoms with van der Waals surface area (Å²) in [5.74, 6) is -0.628. The highest BCUT2D eigenvalue weighted by Gasteiger charge is 2.52. The van der Waals surface area contributed by atoms with Crippen molar-refractivity contribution in [1.82, 2.24) is 0 Å². The summed E-state index contributed by atoms with van der Waals surface area (Å²) >= 11 is 0. The molecule has 6 N–H and O–H groups in total. The summed E-state index contributed by atoms with van der Waals surface area (Å²) < 4.78 is 70.0. The smallest absolute Gasteiger partial charge is 0.338 e. The number of aliphatic hydroxyl groups is 6. The highest BCUT2D eigenvalue weighted by Crippen LogP contribution is 2.34. The lowest BCUT2D eigenvalue weighted by Gasteiger charge is -2.46. The lowest BCUT2D eigenvalue weighted by Crippen LogP contribution is -2.65. The summed E-state index contributed by atoms with van der Waals surface area (Å²) in [6, 6.07) is 4.01. The Morgan fingerprint density at radius 2 is 1.52 bits per heavy atom. The zero-order valence-corrected chi connectivity index (χ0v) is 23.8. The van der Waals surface area contributed by atoms with Crippen LogP contribution in [0, 0.1) is 0 Å². The highest BCUT2D eigenvalue weighted by atomic mass is 32.3. The lowest BCUT2D eigenvalue weighted by molar-refractivity contribution is -0.350. The number of aliphatic hydroxyl groups excluding tert-OH is 6. The number of carbonyl (C=O) groups excluding carboxylic acids is 1. The van der Waals surface area contributed by atoms with Crippen LogP contribution in [-0.2, 0) is 33.5 Å². The zero-order chi connectivity index (χ0) is 31.6. The third-order valence-electron chi connectivity index (χ3n) is 6.20. The van der Waals surface area contributed by atoms with Gasteiger partial charge < -0.3 is 63.6 Å². The molecular formula is C24H35O17S-. The first kappa shape index (κ1) is 34.3. The Bertz CT molecular complexity index is 1170. The van der Waals surface area contributed by atoms with E-state index in [0.717, 1.165) is 0 Å². The Balaban J connectivity index is 1.77. The molecule has 42 heavy (non-hydrogen) atoms. The molecule has 2 saturated heterocycles. The number of hydrogen-bond donors (Lipinski definition) is 6. The Morgan fingerprint density at radius 1 is 0.905 bits per heavy atom. The number of rotatable bonds is 10.